The smallest absolute Gasteiger partial charge is 0.123 e. The van der Waals surface area contributed by atoms with E-state index in [0.717, 1.165) is 18.6 Å². The highest BCUT2D eigenvalue weighted by Gasteiger charge is 2.03. The highest BCUT2D eigenvalue weighted by atomic mass is 35.5. The summed E-state index contributed by atoms with van der Waals surface area (Å²) in [5.41, 5.74) is 1.18. The van der Waals surface area contributed by atoms with Crippen molar-refractivity contribution in [1.29, 1.82) is 0 Å². The van der Waals surface area contributed by atoms with Crippen molar-refractivity contribution in [2.75, 3.05) is 12.5 Å². The molecular weight excluding hydrogens is 219 g/mol. The van der Waals surface area contributed by atoms with Crippen molar-refractivity contribution in [3.8, 4) is 5.75 Å². The second kappa shape index (κ2) is 6.15. The first-order valence-corrected chi connectivity index (χ1v) is 5.66. The molecule has 1 rings (SSSR count). The summed E-state index contributed by atoms with van der Waals surface area (Å²) in [6.07, 6.45) is 1.90. The number of halogens is 2. The molecule has 0 spiro atoms. The fraction of sp³-hybridized carbons (Fsp3) is 0.455. The Kier molecular flexibility index (Phi) is 5.13. The zero-order chi connectivity index (χ0) is 10.4. The molecule has 0 heterocycles. The molecule has 1 aromatic rings. The molecule has 1 aromatic carbocycles. The normalized spacial score (nSPS) is 10.2. The molecule has 1 nitrogen and oxygen atoms in total. The van der Waals surface area contributed by atoms with Gasteiger partial charge in [0.25, 0.3) is 0 Å². The predicted molar refractivity (Wildman–Crippen MR) is 61.7 cm³/mol. The van der Waals surface area contributed by atoms with Crippen LogP contribution in [0.2, 0.25) is 5.02 Å². The van der Waals surface area contributed by atoms with E-state index in [9.17, 15) is 0 Å². The third-order valence-corrected chi connectivity index (χ3v) is 2.41. The fourth-order valence-electron chi connectivity index (χ4n) is 1.28. The van der Waals surface area contributed by atoms with Crippen molar-refractivity contribution in [2.24, 2.45) is 0 Å². The van der Waals surface area contributed by atoms with Gasteiger partial charge in [0.2, 0.25) is 0 Å². The van der Waals surface area contributed by atoms with Crippen LogP contribution in [0.5, 0.6) is 5.75 Å². The van der Waals surface area contributed by atoms with Gasteiger partial charge in [0.1, 0.15) is 5.75 Å². The molecule has 0 amide bonds. The Bertz CT molecular complexity index is 287. The van der Waals surface area contributed by atoms with Crippen LogP contribution in [-0.4, -0.2) is 12.5 Å². The van der Waals surface area contributed by atoms with Gasteiger partial charge in [-0.15, -0.1) is 11.6 Å². The Hall–Kier alpha value is -0.400. The molecule has 0 saturated heterocycles. The predicted octanol–water partition coefficient (Wildman–Crippen LogP) is 3.91. The minimum absolute atomic E-state index is 0.661. The van der Waals surface area contributed by atoms with E-state index >= 15 is 0 Å². The van der Waals surface area contributed by atoms with Gasteiger partial charge in [-0.1, -0.05) is 17.7 Å². The van der Waals surface area contributed by atoms with Gasteiger partial charge in [0.15, 0.2) is 0 Å². The maximum atomic E-state index is 5.88. The maximum absolute atomic E-state index is 5.88. The molecule has 0 bridgehead atoms. The number of benzene rings is 1. The Morgan fingerprint density at radius 1 is 1.36 bits per heavy atom. The van der Waals surface area contributed by atoms with E-state index in [1.807, 2.05) is 25.1 Å². The molecule has 0 N–H and O–H groups in total. The van der Waals surface area contributed by atoms with Gasteiger partial charge < -0.3 is 4.74 Å². The van der Waals surface area contributed by atoms with Crippen LogP contribution in [0.3, 0.4) is 0 Å². The Labute approximate surface area is 95.0 Å². The summed E-state index contributed by atoms with van der Waals surface area (Å²) in [6.45, 7) is 2.63. The second-order valence-corrected chi connectivity index (χ2v) is 3.79. The van der Waals surface area contributed by atoms with Crippen LogP contribution < -0.4 is 4.74 Å². The average Bonchev–Trinajstić information content (AvgIpc) is 2.17. The first kappa shape index (κ1) is 11.7. The summed E-state index contributed by atoms with van der Waals surface area (Å²) < 4.78 is 5.49. The molecular formula is C11H14Cl2O. The SMILES string of the molecule is CCOc1cc(Cl)ccc1CCCCl. The highest BCUT2D eigenvalue weighted by Crippen LogP contribution is 2.24. The van der Waals surface area contributed by atoms with Crippen molar-refractivity contribution < 1.29 is 4.74 Å². The third kappa shape index (κ3) is 3.39. The lowest BCUT2D eigenvalue weighted by atomic mass is 10.1. The molecule has 0 aliphatic carbocycles. The number of hydrogen-bond acceptors (Lipinski definition) is 1. The van der Waals surface area contributed by atoms with E-state index in [-0.39, 0.29) is 0 Å². The number of rotatable bonds is 5. The number of ether oxygens (including phenoxy) is 1. The van der Waals surface area contributed by atoms with E-state index in [0.29, 0.717) is 17.5 Å². The largest absolute Gasteiger partial charge is 0.494 e. The van der Waals surface area contributed by atoms with Crippen LogP contribution >= 0.6 is 23.2 Å². The molecule has 0 aromatic heterocycles. The van der Waals surface area contributed by atoms with Crippen molar-refractivity contribution in [1.82, 2.24) is 0 Å². The standard InChI is InChI=1S/C11H14Cl2O/c1-2-14-11-8-10(13)6-5-9(11)4-3-7-12/h5-6,8H,2-4,7H2,1H3. The number of hydrogen-bond donors (Lipinski definition) is 0. The van der Waals surface area contributed by atoms with E-state index in [1.165, 1.54) is 5.56 Å². The Morgan fingerprint density at radius 2 is 2.14 bits per heavy atom. The highest BCUT2D eigenvalue weighted by molar-refractivity contribution is 6.30. The fourth-order valence-corrected chi connectivity index (χ4v) is 1.58. The summed E-state index contributed by atoms with van der Waals surface area (Å²) in [5.74, 6) is 1.55. The van der Waals surface area contributed by atoms with Crippen molar-refractivity contribution in [3.05, 3.63) is 28.8 Å². The van der Waals surface area contributed by atoms with Crippen molar-refractivity contribution in [2.45, 2.75) is 19.8 Å². The molecule has 3 heteroatoms. The van der Waals surface area contributed by atoms with Gasteiger partial charge >= 0.3 is 0 Å². The topological polar surface area (TPSA) is 9.23 Å². The van der Waals surface area contributed by atoms with Crippen LogP contribution in [0, 0.1) is 0 Å². The third-order valence-electron chi connectivity index (χ3n) is 1.91. The number of aryl methyl sites for hydroxylation is 1. The lowest BCUT2D eigenvalue weighted by Crippen LogP contribution is -1.97. The second-order valence-electron chi connectivity index (χ2n) is 2.98. The molecule has 78 valence electrons. The Morgan fingerprint density at radius 3 is 2.79 bits per heavy atom. The minimum Gasteiger partial charge on any atom is -0.494 e. The minimum atomic E-state index is 0.661. The quantitative estimate of drug-likeness (QED) is 0.700. The zero-order valence-corrected chi connectivity index (χ0v) is 9.74. The van der Waals surface area contributed by atoms with Crippen molar-refractivity contribution in [3.63, 3.8) is 0 Å². The lowest BCUT2D eigenvalue weighted by Gasteiger charge is -2.09. The summed E-state index contributed by atoms with van der Waals surface area (Å²) in [7, 11) is 0. The Balaban J connectivity index is 2.78. The lowest BCUT2D eigenvalue weighted by molar-refractivity contribution is 0.336. The van der Waals surface area contributed by atoms with Gasteiger partial charge in [-0.2, -0.15) is 0 Å². The molecule has 0 atom stereocenters. The van der Waals surface area contributed by atoms with Crippen LogP contribution in [0.25, 0.3) is 0 Å². The van der Waals surface area contributed by atoms with Crippen molar-refractivity contribution >= 4 is 23.2 Å². The van der Waals surface area contributed by atoms with Crippen LogP contribution in [0.15, 0.2) is 18.2 Å². The van der Waals surface area contributed by atoms with Crippen LogP contribution in [0.1, 0.15) is 18.9 Å². The summed E-state index contributed by atoms with van der Waals surface area (Å²) >= 11 is 11.5. The zero-order valence-electron chi connectivity index (χ0n) is 8.22. The molecule has 0 aliphatic rings. The maximum Gasteiger partial charge on any atom is 0.123 e. The van der Waals surface area contributed by atoms with Gasteiger partial charge in [-0.05, 0) is 37.5 Å². The van der Waals surface area contributed by atoms with Gasteiger partial charge in [-0.3, -0.25) is 0 Å². The van der Waals surface area contributed by atoms with Gasteiger partial charge in [-0.25, -0.2) is 0 Å². The summed E-state index contributed by atoms with van der Waals surface area (Å²) in [5, 5.41) is 0.711. The van der Waals surface area contributed by atoms with E-state index in [1.54, 1.807) is 0 Å². The molecule has 0 radical (unpaired) electrons. The summed E-state index contributed by atoms with van der Waals surface area (Å²) in [4.78, 5) is 0. The van der Waals surface area contributed by atoms with E-state index in [4.69, 9.17) is 27.9 Å². The average molecular weight is 233 g/mol. The van der Waals surface area contributed by atoms with E-state index in [2.05, 4.69) is 0 Å². The van der Waals surface area contributed by atoms with Crippen LogP contribution in [0.4, 0.5) is 0 Å². The summed E-state index contributed by atoms with van der Waals surface area (Å²) in [6, 6.07) is 5.74. The molecule has 0 saturated carbocycles. The first-order valence-electron chi connectivity index (χ1n) is 4.75. The van der Waals surface area contributed by atoms with E-state index < -0.39 is 0 Å². The van der Waals surface area contributed by atoms with Crippen LogP contribution in [-0.2, 0) is 6.42 Å². The van der Waals surface area contributed by atoms with Gasteiger partial charge in [0, 0.05) is 10.9 Å². The number of alkyl halides is 1. The molecule has 0 fully saturated rings. The monoisotopic (exact) mass is 232 g/mol. The molecule has 0 unspecified atom stereocenters. The molecule has 0 aliphatic heterocycles. The first-order chi connectivity index (χ1) is 6.77. The molecule has 14 heavy (non-hydrogen) atoms. The van der Waals surface area contributed by atoms with Gasteiger partial charge in [0.05, 0.1) is 6.61 Å².